The van der Waals surface area contributed by atoms with E-state index < -0.39 is 5.60 Å². The molecule has 1 amide bonds. The summed E-state index contributed by atoms with van der Waals surface area (Å²) in [6.07, 6.45) is 1.48. The Labute approximate surface area is 156 Å². The lowest BCUT2D eigenvalue weighted by molar-refractivity contribution is 0.0302. The van der Waals surface area contributed by atoms with Gasteiger partial charge in [-0.2, -0.15) is 0 Å². The van der Waals surface area contributed by atoms with E-state index >= 15 is 0 Å². The standard InChI is InChI=1S/C18H22ClN3O4/c1-12-3-4-15(26-12)18(2,24)11-21-16-14(19)9-13(10-20-16)17(23)22-5-7-25-8-6-22/h3-4,9-10,24H,5-8,11H2,1-2H3,(H,20,21). The maximum Gasteiger partial charge on any atom is 0.255 e. The molecule has 1 saturated heterocycles. The van der Waals surface area contributed by atoms with Crippen molar-refractivity contribution < 1.29 is 19.1 Å². The van der Waals surface area contributed by atoms with Gasteiger partial charge in [-0.25, -0.2) is 4.98 Å². The van der Waals surface area contributed by atoms with E-state index in [1.165, 1.54) is 6.20 Å². The second-order valence-electron chi connectivity index (χ2n) is 6.50. The second-order valence-corrected chi connectivity index (χ2v) is 6.90. The van der Waals surface area contributed by atoms with Crippen LogP contribution in [0.25, 0.3) is 0 Å². The number of aromatic nitrogens is 1. The van der Waals surface area contributed by atoms with Crippen molar-refractivity contribution in [2.24, 2.45) is 0 Å². The summed E-state index contributed by atoms with van der Waals surface area (Å²) in [7, 11) is 0. The fourth-order valence-corrected chi connectivity index (χ4v) is 2.93. The van der Waals surface area contributed by atoms with E-state index in [1.807, 2.05) is 6.92 Å². The lowest BCUT2D eigenvalue weighted by atomic mass is 10.0. The fraction of sp³-hybridized carbons (Fsp3) is 0.444. The molecule has 1 aliphatic rings. The van der Waals surface area contributed by atoms with Gasteiger partial charge in [-0.3, -0.25) is 4.79 Å². The quantitative estimate of drug-likeness (QED) is 0.829. The molecule has 2 N–H and O–H groups in total. The topological polar surface area (TPSA) is 87.8 Å². The van der Waals surface area contributed by atoms with Crippen molar-refractivity contribution in [2.45, 2.75) is 19.4 Å². The number of furan rings is 1. The van der Waals surface area contributed by atoms with E-state index in [0.29, 0.717) is 48.5 Å². The monoisotopic (exact) mass is 379 g/mol. The predicted octanol–water partition coefficient (Wildman–Crippen LogP) is 2.43. The van der Waals surface area contributed by atoms with E-state index in [-0.39, 0.29) is 12.5 Å². The highest BCUT2D eigenvalue weighted by Crippen LogP contribution is 2.26. The Hall–Kier alpha value is -2.09. The summed E-state index contributed by atoms with van der Waals surface area (Å²) in [4.78, 5) is 18.4. The normalized spacial score (nSPS) is 17.0. The minimum Gasteiger partial charge on any atom is -0.463 e. The highest BCUT2D eigenvalue weighted by Gasteiger charge is 2.27. The number of amides is 1. The third-order valence-corrected chi connectivity index (χ3v) is 4.55. The van der Waals surface area contributed by atoms with Crippen LogP contribution < -0.4 is 5.32 Å². The van der Waals surface area contributed by atoms with Gasteiger partial charge in [-0.1, -0.05) is 11.6 Å². The van der Waals surface area contributed by atoms with Gasteiger partial charge >= 0.3 is 0 Å². The molecule has 8 heteroatoms. The number of aryl methyl sites for hydroxylation is 1. The Bertz CT molecular complexity index is 784. The number of nitrogens with one attached hydrogen (secondary N) is 1. The molecule has 0 spiro atoms. The minimum absolute atomic E-state index is 0.118. The molecule has 140 valence electrons. The number of aliphatic hydroxyl groups is 1. The lowest BCUT2D eigenvalue weighted by Gasteiger charge is -2.27. The van der Waals surface area contributed by atoms with E-state index in [0.717, 1.165) is 5.76 Å². The zero-order valence-electron chi connectivity index (χ0n) is 14.8. The molecule has 1 unspecified atom stereocenters. The number of anilines is 1. The van der Waals surface area contributed by atoms with Gasteiger partial charge in [0.15, 0.2) is 0 Å². The van der Waals surface area contributed by atoms with Crippen LogP contribution in [0, 0.1) is 6.92 Å². The molecule has 7 nitrogen and oxygen atoms in total. The zero-order chi connectivity index (χ0) is 18.7. The summed E-state index contributed by atoms with van der Waals surface area (Å²) in [6.45, 7) is 5.80. The molecule has 1 fully saturated rings. The van der Waals surface area contributed by atoms with E-state index in [2.05, 4.69) is 10.3 Å². The molecule has 1 atom stereocenters. The largest absolute Gasteiger partial charge is 0.463 e. The summed E-state index contributed by atoms with van der Waals surface area (Å²) < 4.78 is 10.7. The molecule has 0 radical (unpaired) electrons. The maximum atomic E-state index is 12.5. The average Bonchev–Trinajstić information content (AvgIpc) is 3.08. The van der Waals surface area contributed by atoms with Crippen molar-refractivity contribution >= 4 is 23.3 Å². The van der Waals surface area contributed by atoms with Crippen molar-refractivity contribution in [2.75, 3.05) is 38.2 Å². The third kappa shape index (κ3) is 4.17. The van der Waals surface area contributed by atoms with Crippen LogP contribution >= 0.6 is 11.6 Å². The first kappa shape index (κ1) is 18.7. The van der Waals surface area contributed by atoms with Crippen LogP contribution in [0.1, 0.15) is 28.8 Å². The van der Waals surface area contributed by atoms with Crippen molar-refractivity contribution in [3.63, 3.8) is 0 Å². The van der Waals surface area contributed by atoms with Gasteiger partial charge in [-0.05, 0) is 32.0 Å². The summed E-state index contributed by atoms with van der Waals surface area (Å²) in [5.41, 5.74) is -0.794. The average molecular weight is 380 g/mol. The smallest absolute Gasteiger partial charge is 0.255 e. The molecular formula is C18H22ClN3O4. The van der Waals surface area contributed by atoms with Crippen molar-refractivity contribution in [3.8, 4) is 0 Å². The van der Waals surface area contributed by atoms with Gasteiger partial charge in [0.25, 0.3) is 5.91 Å². The first-order chi connectivity index (χ1) is 12.4. The molecule has 2 aromatic rings. The van der Waals surface area contributed by atoms with E-state index in [4.69, 9.17) is 20.8 Å². The first-order valence-electron chi connectivity index (χ1n) is 8.42. The first-order valence-corrected chi connectivity index (χ1v) is 8.80. The number of carbonyl (C=O) groups is 1. The highest BCUT2D eigenvalue weighted by molar-refractivity contribution is 6.33. The zero-order valence-corrected chi connectivity index (χ0v) is 15.5. The summed E-state index contributed by atoms with van der Waals surface area (Å²) in [6, 6.07) is 5.11. The molecule has 0 aliphatic carbocycles. The second kappa shape index (κ2) is 7.65. The van der Waals surface area contributed by atoms with Crippen LogP contribution in [-0.2, 0) is 10.3 Å². The van der Waals surface area contributed by atoms with Crippen LogP contribution in [0.15, 0.2) is 28.8 Å². The van der Waals surface area contributed by atoms with Crippen LogP contribution in [0.4, 0.5) is 5.82 Å². The molecule has 0 saturated carbocycles. The number of hydrogen-bond donors (Lipinski definition) is 2. The van der Waals surface area contributed by atoms with E-state index in [1.54, 1.807) is 30.0 Å². The summed E-state index contributed by atoms with van der Waals surface area (Å²) >= 11 is 6.27. The predicted molar refractivity (Wildman–Crippen MR) is 97.5 cm³/mol. The molecule has 2 aromatic heterocycles. The lowest BCUT2D eigenvalue weighted by Crippen LogP contribution is -2.40. The molecule has 0 bridgehead atoms. The Morgan fingerprint density at radius 2 is 2.15 bits per heavy atom. The highest BCUT2D eigenvalue weighted by atomic mass is 35.5. The van der Waals surface area contributed by atoms with Crippen molar-refractivity contribution in [1.29, 1.82) is 0 Å². The van der Waals surface area contributed by atoms with Gasteiger partial charge in [0, 0.05) is 19.3 Å². The van der Waals surface area contributed by atoms with Gasteiger partial charge in [-0.15, -0.1) is 0 Å². The number of morpholine rings is 1. The van der Waals surface area contributed by atoms with Crippen LogP contribution in [0.5, 0.6) is 0 Å². The van der Waals surface area contributed by atoms with Crippen molar-refractivity contribution in [3.05, 3.63) is 46.5 Å². The number of halogens is 1. The Morgan fingerprint density at radius 1 is 1.42 bits per heavy atom. The van der Waals surface area contributed by atoms with Gasteiger partial charge in [0.05, 0.1) is 30.3 Å². The Kier molecular flexibility index (Phi) is 5.50. The Balaban J connectivity index is 1.67. The molecule has 26 heavy (non-hydrogen) atoms. The van der Waals surface area contributed by atoms with Gasteiger partial charge < -0.3 is 24.5 Å². The number of hydrogen-bond acceptors (Lipinski definition) is 6. The van der Waals surface area contributed by atoms with Gasteiger partial charge in [0.1, 0.15) is 22.9 Å². The molecule has 1 aliphatic heterocycles. The number of ether oxygens (including phenoxy) is 1. The molecule has 3 rings (SSSR count). The molecule has 0 aromatic carbocycles. The van der Waals surface area contributed by atoms with Crippen LogP contribution in [0.2, 0.25) is 5.02 Å². The van der Waals surface area contributed by atoms with Crippen LogP contribution in [0.3, 0.4) is 0 Å². The SMILES string of the molecule is Cc1ccc(C(C)(O)CNc2ncc(C(=O)N3CCOCC3)cc2Cl)o1. The third-order valence-electron chi connectivity index (χ3n) is 4.26. The Morgan fingerprint density at radius 3 is 2.77 bits per heavy atom. The number of nitrogens with zero attached hydrogens (tertiary/aromatic N) is 2. The number of pyridine rings is 1. The van der Waals surface area contributed by atoms with Crippen LogP contribution in [-0.4, -0.2) is 53.7 Å². The van der Waals surface area contributed by atoms with Crippen molar-refractivity contribution in [1.82, 2.24) is 9.88 Å². The summed E-state index contributed by atoms with van der Waals surface area (Å²) in [5, 5.41) is 13.9. The molecule has 3 heterocycles. The minimum atomic E-state index is -1.22. The van der Waals surface area contributed by atoms with E-state index in [9.17, 15) is 9.90 Å². The number of carbonyl (C=O) groups excluding carboxylic acids is 1. The van der Waals surface area contributed by atoms with Gasteiger partial charge in [0.2, 0.25) is 0 Å². The fourth-order valence-electron chi connectivity index (χ4n) is 2.70. The molecular weight excluding hydrogens is 358 g/mol. The summed E-state index contributed by atoms with van der Waals surface area (Å²) in [5.74, 6) is 1.46. The maximum absolute atomic E-state index is 12.5. The number of rotatable bonds is 5.